The van der Waals surface area contributed by atoms with E-state index in [1.807, 2.05) is 12.1 Å². The lowest BCUT2D eigenvalue weighted by Gasteiger charge is -2.40. The van der Waals surface area contributed by atoms with Gasteiger partial charge in [0.25, 0.3) is 0 Å². The number of benzene rings is 1. The first-order valence-electron chi connectivity index (χ1n) is 6.33. The molecule has 0 spiro atoms. The van der Waals surface area contributed by atoms with E-state index in [1.165, 1.54) is 6.42 Å². The van der Waals surface area contributed by atoms with Crippen LogP contribution < -0.4 is 5.73 Å². The van der Waals surface area contributed by atoms with E-state index in [4.69, 9.17) is 33.7 Å². The molecule has 1 aromatic rings. The third kappa shape index (κ3) is 2.83. The van der Waals surface area contributed by atoms with E-state index in [2.05, 4.69) is 0 Å². The van der Waals surface area contributed by atoms with Crippen molar-refractivity contribution in [1.82, 2.24) is 0 Å². The molecule has 0 amide bonds. The van der Waals surface area contributed by atoms with Gasteiger partial charge in [-0.3, -0.25) is 0 Å². The molecule has 2 rings (SSSR count). The molecule has 1 aromatic carbocycles. The molecule has 1 aliphatic carbocycles. The maximum absolute atomic E-state index is 6.53. The van der Waals surface area contributed by atoms with E-state index in [-0.39, 0.29) is 11.6 Å². The Morgan fingerprint density at radius 1 is 1.17 bits per heavy atom. The molecule has 0 aromatic heterocycles. The molecule has 18 heavy (non-hydrogen) atoms. The minimum Gasteiger partial charge on any atom is -0.375 e. The summed E-state index contributed by atoms with van der Waals surface area (Å²) >= 11 is 12.0. The van der Waals surface area contributed by atoms with Crippen LogP contribution in [0.5, 0.6) is 0 Å². The van der Waals surface area contributed by atoms with E-state index in [0.717, 1.165) is 31.2 Å². The Balaban J connectivity index is 2.29. The Labute approximate surface area is 118 Å². The monoisotopic (exact) mass is 287 g/mol. The first kappa shape index (κ1) is 14.1. The summed E-state index contributed by atoms with van der Waals surface area (Å²) in [6, 6.07) is 5.62. The standard InChI is InChI=1S/C14H19Cl2NO/c1-18-13(14(17)7-3-2-4-8-14)10-5-6-11(15)12(16)9-10/h5-6,9,13H,2-4,7-8,17H2,1H3. The van der Waals surface area contributed by atoms with Crippen molar-refractivity contribution in [3.8, 4) is 0 Å². The first-order chi connectivity index (χ1) is 8.57. The van der Waals surface area contributed by atoms with Gasteiger partial charge in [0.1, 0.15) is 6.10 Å². The summed E-state index contributed by atoms with van der Waals surface area (Å²) in [5, 5.41) is 1.11. The second-order valence-corrected chi connectivity index (χ2v) is 5.90. The average molecular weight is 288 g/mol. The summed E-state index contributed by atoms with van der Waals surface area (Å²) in [6.07, 6.45) is 5.46. The SMILES string of the molecule is COC(c1ccc(Cl)c(Cl)c1)C1(N)CCCCC1. The molecular formula is C14H19Cl2NO. The van der Waals surface area contributed by atoms with E-state index in [1.54, 1.807) is 13.2 Å². The van der Waals surface area contributed by atoms with Crippen LogP contribution >= 0.6 is 23.2 Å². The summed E-state index contributed by atoms with van der Waals surface area (Å²) in [4.78, 5) is 0. The third-order valence-electron chi connectivity index (χ3n) is 3.79. The quantitative estimate of drug-likeness (QED) is 0.897. The topological polar surface area (TPSA) is 35.2 Å². The molecule has 1 unspecified atom stereocenters. The van der Waals surface area contributed by atoms with Gasteiger partial charge in [-0.2, -0.15) is 0 Å². The molecule has 0 radical (unpaired) electrons. The van der Waals surface area contributed by atoms with Gasteiger partial charge < -0.3 is 10.5 Å². The van der Waals surface area contributed by atoms with Gasteiger partial charge in [0, 0.05) is 12.6 Å². The van der Waals surface area contributed by atoms with Crippen molar-refractivity contribution < 1.29 is 4.74 Å². The average Bonchev–Trinajstić information content (AvgIpc) is 2.35. The van der Waals surface area contributed by atoms with Crippen LogP contribution in [0.4, 0.5) is 0 Å². The molecule has 1 atom stereocenters. The van der Waals surface area contributed by atoms with Gasteiger partial charge in [-0.1, -0.05) is 48.5 Å². The van der Waals surface area contributed by atoms with Crippen LogP contribution in [0.15, 0.2) is 18.2 Å². The highest BCUT2D eigenvalue weighted by Gasteiger charge is 2.37. The number of hydrogen-bond acceptors (Lipinski definition) is 2. The molecule has 0 aliphatic heterocycles. The van der Waals surface area contributed by atoms with E-state index in [0.29, 0.717) is 10.0 Å². The first-order valence-corrected chi connectivity index (χ1v) is 7.09. The molecule has 1 saturated carbocycles. The zero-order valence-corrected chi connectivity index (χ0v) is 12.1. The van der Waals surface area contributed by atoms with Crippen LogP contribution in [0.3, 0.4) is 0 Å². The van der Waals surface area contributed by atoms with Crippen molar-refractivity contribution in [3.05, 3.63) is 33.8 Å². The molecule has 2 N–H and O–H groups in total. The lowest BCUT2D eigenvalue weighted by atomic mass is 9.76. The van der Waals surface area contributed by atoms with E-state index < -0.39 is 0 Å². The Bertz CT molecular complexity index is 416. The summed E-state index contributed by atoms with van der Waals surface area (Å²) in [5.74, 6) is 0. The summed E-state index contributed by atoms with van der Waals surface area (Å²) in [7, 11) is 1.70. The second kappa shape index (κ2) is 5.79. The molecule has 0 saturated heterocycles. The summed E-state index contributed by atoms with van der Waals surface area (Å²) in [5.41, 5.74) is 7.26. The maximum atomic E-state index is 6.53. The fourth-order valence-corrected chi connectivity index (χ4v) is 3.16. The molecule has 0 bridgehead atoms. The van der Waals surface area contributed by atoms with Crippen molar-refractivity contribution in [3.63, 3.8) is 0 Å². The minimum atomic E-state index is -0.288. The van der Waals surface area contributed by atoms with Gasteiger partial charge in [-0.25, -0.2) is 0 Å². The predicted octanol–water partition coefficient (Wildman–Crippen LogP) is 4.34. The highest BCUT2D eigenvalue weighted by Crippen LogP contribution is 2.39. The van der Waals surface area contributed by atoms with E-state index >= 15 is 0 Å². The van der Waals surface area contributed by atoms with Crippen LogP contribution in [-0.4, -0.2) is 12.6 Å². The van der Waals surface area contributed by atoms with Crippen molar-refractivity contribution in [2.75, 3.05) is 7.11 Å². The lowest BCUT2D eigenvalue weighted by molar-refractivity contribution is 0.0157. The molecular weight excluding hydrogens is 269 g/mol. The lowest BCUT2D eigenvalue weighted by Crippen LogP contribution is -2.48. The Hall–Kier alpha value is -0.280. The molecule has 0 heterocycles. The molecule has 2 nitrogen and oxygen atoms in total. The third-order valence-corrected chi connectivity index (χ3v) is 4.53. The number of rotatable bonds is 3. The van der Waals surface area contributed by atoms with Crippen LogP contribution in [0.2, 0.25) is 10.0 Å². The zero-order valence-electron chi connectivity index (χ0n) is 10.6. The van der Waals surface area contributed by atoms with Gasteiger partial charge >= 0.3 is 0 Å². The van der Waals surface area contributed by atoms with E-state index in [9.17, 15) is 0 Å². The Morgan fingerprint density at radius 3 is 2.39 bits per heavy atom. The zero-order chi connectivity index (χ0) is 13.2. The fourth-order valence-electron chi connectivity index (χ4n) is 2.85. The predicted molar refractivity (Wildman–Crippen MR) is 76.2 cm³/mol. The van der Waals surface area contributed by atoms with Crippen LogP contribution in [0.25, 0.3) is 0 Å². The van der Waals surface area contributed by atoms with Gasteiger partial charge in [0.05, 0.1) is 10.0 Å². The van der Waals surface area contributed by atoms with Crippen LogP contribution in [0, 0.1) is 0 Å². The number of nitrogens with two attached hydrogens (primary N) is 1. The van der Waals surface area contributed by atoms with Gasteiger partial charge in [-0.15, -0.1) is 0 Å². The van der Waals surface area contributed by atoms with Gasteiger partial charge in [-0.05, 0) is 30.5 Å². The molecule has 4 heteroatoms. The van der Waals surface area contributed by atoms with Gasteiger partial charge in [0.2, 0.25) is 0 Å². The Kier molecular flexibility index (Phi) is 4.54. The second-order valence-electron chi connectivity index (χ2n) is 5.08. The van der Waals surface area contributed by atoms with Crippen LogP contribution in [-0.2, 0) is 4.74 Å². The highest BCUT2D eigenvalue weighted by molar-refractivity contribution is 6.42. The summed E-state index contributed by atoms with van der Waals surface area (Å²) in [6.45, 7) is 0. The number of halogens is 2. The smallest absolute Gasteiger partial charge is 0.100 e. The van der Waals surface area contributed by atoms with Gasteiger partial charge in [0.15, 0.2) is 0 Å². The maximum Gasteiger partial charge on any atom is 0.100 e. The van der Waals surface area contributed by atoms with Crippen molar-refractivity contribution >= 4 is 23.2 Å². The molecule has 1 aliphatic rings. The molecule has 100 valence electrons. The largest absolute Gasteiger partial charge is 0.375 e. The van der Waals surface area contributed by atoms with Crippen molar-refractivity contribution in [2.45, 2.75) is 43.7 Å². The number of methoxy groups -OCH3 is 1. The highest BCUT2D eigenvalue weighted by atomic mass is 35.5. The number of ether oxygens (including phenoxy) is 1. The van der Waals surface area contributed by atoms with Crippen molar-refractivity contribution in [1.29, 1.82) is 0 Å². The fraction of sp³-hybridized carbons (Fsp3) is 0.571. The number of hydrogen-bond donors (Lipinski definition) is 1. The Morgan fingerprint density at radius 2 is 1.83 bits per heavy atom. The minimum absolute atomic E-state index is 0.118. The van der Waals surface area contributed by atoms with Crippen molar-refractivity contribution in [2.24, 2.45) is 5.73 Å². The summed E-state index contributed by atoms with van der Waals surface area (Å²) < 4.78 is 5.65. The van der Waals surface area contributed by atoms with Crippen LogP contribution in [0.1, 0.15) is 43.8 Å². The molecule has 1 fully saturated rings. The normalized spacial score (nSPS) is 20.7.